The molecule has 114 valence electrons. The van der Waals surface area contributed by atoms with E-state index in [1.165, 1.54) is 11.1 Å². The maximum atomic E-state index is 6.07. The van der Waals surface area contributed by atoms with E-state index in [0.717, 1.165) is 22.4 Å². The molecule has 1 aliphatic heterocycles. The third-order valence-electron chi connectivity index (χ3n) is 4.72. The smallest absolute Gasteiger partial charge is 0.304 e. The molecule has 0 saturated heterocycles. The number of rotatable bonds is 1. The maximum Gasteiger partial charge on any atom is 0.304 e. The lowest BCUT2D eigenvalue weighted by atomic mass is 10.1. The molecule has 0 radical (unpaired) electrons. The molecule has 5 heteroatoms. The number of fused-ring (bicyclic) bond motifs is 5. The zero-order chi connectivity index (χ0) is 15.4. The van der Waals surface area contributed by atoms with E-state index in [9.17, 15) is 0 Å². The van der Waals surface area contributed by atoms with Crippen LogP contribution in [-0.2, 0) is 17.8 Å². The van der Waals surface area contributed by atoms with Crippen LogP contribution in [0.1, 0.15) is 23.0 Å². The lowest BCUT2D eigenvalue weighted by molar-refractivity contribution is -0.739. The number of ether oxygens (including phenoxy) is 1. The lowest BCUT2D eigenvalue weighted by Crippen LogP contribution is -2.51. The van der Waals surface area contributed by atoms with Crippen molar-refractivity contribution >= 4 is 15.9 Å². The maximum absolute atomic E-state index is 6.07. The molecule has 3 aromatic rings. The Bertz CT molecular complexity index is 888. The standard InChI is InChI=1S/C18H15BrN3O/c19-13-5-7-14(8-6-13)22-11-21-17(20-22)10-23-16-9-12-3-1-2-4-15(12)18(16)21/h1-8,11,16,18H,9-10H2/q+1/t16-,18+/m0/s1. The number of halogens is 1. The number of hydrogen-bond donors (Lipinski definition) is 0. The van der Waals surface area contributed by atoms with Gasteiger partial charge in [-0.15, -0.1) is 0 Å². The first-order valence-corrected chi connectivity index (χ1v) is 8.54. The summed E-state index contributed by atoms with van der Waals surface area (Å²) in [6.07, 6.45) is 3.30. The van der Waals surface area contributed by atoms with E-state index in [1.54, 1.807) is 0 Å². The van der Waals surface area contributed by atoms with E-state index in [-0.39, 0.29) is 12.1 Å². The van der Waals surface area contributed by atoms with Gasteiger partial charge in [0.15, 0.2) is 0 Å². The largest absolute Gasteiger partial charge is 0.363 e. The summed E-state index contributed by atoms with van der Waals surface area (Å²) in [5.41, 5.74) is 3.80. The van der Waals surface area contributed by atoms with Crippen LogP contribution in [-0.4, -0.2) is 15.9 Å². The van der Waals surface area contributed by atoms with Gasteiger partial charge >= 0.3 is 5.82 Å². The molecule has 2 heterocycles. The predicted octanol–water partition coefficient (Wildman–Crippen LogP) is 2.97. The van der Waals surface area contributed by atoms with Crippen LogP contribution in [0.15, 0.2) is 59.3 Å². The first kappa shape index (κ1) is 13.5. The Labute approximate surface area is 142 Å². The van der Waals surface area contributed by atoms with Gasteiger partial charge in [0.05, 0.1) is 0 Å². The highest BCUT2D eigenvalue weighted by Crippen LogP contribution is 2.35. The molecular formula is C18H15BrN3O+. The van der Waals surface area contributed by atoms with Crippen LogP contribution in [0.5, 0.6) is 0 Å². The van der Waals surface area contributed by atoms with Crippen LogP contribution in [0, 0.1) is 0 Å². The molecule has 0 amide bonds. The Balaban J connectivity index is 1.61. The van der Waals surface area contributed by atoms with Crippen LogP contribution < -0.4 is 4.57 Å². The highest BCUT2D eigenvalue weighted by molar-refractivity contribution is 9.10. The van der Waals surface area contributed by atoms with Crippen molar-refractivity contribution in [2.75, 3.05) is 0 Å². The van der Waals surface area contributed by atoms with Crippen molar-refractivity contribution < 1.29 is 9.30 Å². The first-order valence-electron chi connectivity index (χ1n) is 7.74. The number of aromatic nitrogens is 3. The van der Waals surface area contributed by atoms with Crippen LogP contribution in [0.4, 0.5) is 0 Å². The van der Waals surface area contributed by atoms with E-state index >= 15 is 0 Å². The molecule has 2 atom stereocenters. The molecule has 0 saturated carbocycles. The highest BCUT2D eigenvalue weighted by atomic mass is 79.9. The van der Waals surface area contributed by atoms with Crippen LogP contribution in [0.2, 0.25) is 0 Å². The van der Waals surface area contributed by atoms with Gasteiger partial charge in [0, 0.05) is 16.0 Å². The van der Waals surface area contributed by atoms with E-state index in [0.29, 0.717) is 6.61 Å². The quantitative estimate of drug-likeness (QED) is 0.618. The third kappa shape index (κ3) is 2.07. The molecule has 1 aliphatic carbocycles. The molecule has 0 unspecified atom stereocenters. The zero-order valence-electron chi connectivity index (χ0n) is 12.4. The summed E-state index contributed by atoms with van der Waals surface area (Å²) in [5.74, 6) is 0.978. The summed E-state index contributed by atoms with van der Waals surface area (Å²) >= 11 is 3.48. The molecule has 1 aromatic heterocycles. The topological polar surface area (TPSA) is 30.9 Å². The van der Waals surface area contributed by atoms with Crippen molar-refractivity contribution in [3.63, 3.8) is 0 Å². The second-order valence-electron chi connectivity index (χ2n) is 6.06. The van der Waals surface area contributed by atoms with E-state index < -0.39 is 0 Å². The minimum Gasteiger partial charge on any atom is -0.363 e. The van der Waals surface area contributed by atoms with Gasteiger partial charge in [-0.05, 0) is 35.4 Å². The molecule has 5 rings (SSSR count). The molecule has 4 nitrogen and oxygen atoms in total. The van der Waals surface area contributed by atoms with Crippen LogP contribution in [0.25, 0.3) is 5.69 Å². The fourth-order valence-electron chi connectivity index (χ4n) is 3.64. The van der Waals surface area contributed by atoms with Crippen molar-refractivity contribution in [3.8, 4) is 5.69 Å². The molecule has 0 bridgehead atoms. The fourth-order valence-corrected chi connectivity index (χ4v) is 3.90. The summed E-state index contributed by atoms with van der Waals surface area (Å²) in [6, 6.07) is 17.0. The summed E-state index contributed by atoms with van der Waals surface area (Å²) in [5, 5.41) is 4.72. The van der Waals surface area contributed by atoms with Crippen molar-refractivity contribution in [2.45, 2.75) is 25.2 Å². The predicted molar refractivity (Wildman–Crippen MR) is 88.3 cm³/mol. The zero-order valence-corrected chi connectivity index (χ0v) is 14.0. The van der Waals surface area contributed by atoms with Gasteiger partial charge in [0.25, 0.3) is 0 Å². The number of hydrogen-bond acceptors (Lipinski definition) is 2. The number of benzene rings is 2. The summed E-state index contributed by atoms with van der Waals surface area (Å²) < 4.78 is 11.4. The molecular weight excluding hydrogens is 354 g/mol. The second kappa shape index (κ2) is 5.01. The van der Waals surface area contributed by atoms with Crippen LogP contribution in [0.3, 0.4) is 0 Å². The van der Waals surface area contributed by atoms with E-state index in [2.05, 4.69) is 63.2 Å². The summed E-state index contributed by atoms with van der Waals surface area (Å²) in [4.78, 5) is 0. The molecule has 0 N–H and O–H groups in total. The average molecular weight is 369 g/mol. The molecule has 0 spiro atoms. The lowest BCUT2D eigenvalue weighted by Gasteiger charge is -2.23. The monoisotopic (exact) mass is 368 g/mol. The minimum atomic E-state index is 0.215. The summed E-state index contributed by atoms with van der Waals surface area (Å²) in [6.45, 7) is 0.568. The molecule has 0 fully saturated rings. The SMILES string of the molecule is Brc1ccc(-n2c[n+]3c(n2)CO[C@H]2Cc4ccccc4[C@H]23)cc1. The van der Waals surface area contributed by atoms with Crippen molar-refractivity contribution in [2.24, 2.45) is 0 Å². The fraction of sp³-hybridized carbons (Fsp3) is 0.222. The molecule has 2 aliphatic rings. The van der Waals surface area contributed by atoms with Crippen LogP contribution >= 0.6 is 15.9 Å². The Morgan fingerprint density at radius 2 is 1.96 bits per heavy atom. The van der Waals surface area contributed by atoms with Gasteiger partial charge in [-0.3, -0.25) is 0 Å². The van der Waals surface area contributed by atoms with Crippen molar-refractivity contribution in [1.82, 2.24) is 9.78 Å². The Morgan fingerprint density at radius 1 is 1.13 bits per heavy atom. The van der Waals surface area contributed by atoms with Crippen molar-refractivity contribution in [3.05, 3.63) is 76.3 Å². The van der Waals surface area contributed by atoms with Gasteiger partial charge in [0.1, 0.15) is 24.4 Å². The molecule has 2 aromatic carbocycles. The second-order valence-corrected chi connectivity index (χ2v) is 6.97. The average Bonchev–Trinajstić information content (AvgIpc) is 3.16. The first-order chi connectivity index (χ1) is 11.3. The third-order valence-corrected chi connectivity index (χ3v) is 5.25. The Hall–Kier alpha value is -1.98. The Kier molecular flexibility index (Phi) is 2.93. The van der Waals surface area contributed by atoms with Gasteiger partial charge in [-0.2, -0.15) is 0 Å². The van der Waals surface area contributed by atoms with Gasteiger partial charge in [-0.25, -0.2) is 4.57 Å². The van der Waals surface area contributed by atoms with Gasteiger partial charge in [-0.1, -0.05) is 44.9 Å². The highest BCUT2D eigenvalue weighted by Gasteiger charge is 2.43. The Morgan fingerprint density at radius 3 is 2.83 bits per heavy atom. The normalized spacial score (nSPS) is 21.6. The summed E-state index contributed by atoms with van der Waals surface area (Å²) in [7, 11) is 0. The van der Waals surface area contributed by atoms with E-state index in [1.807, 2.05) is 16.8 Å². The molecule has 23 heavy (non-hydrogen) atoms. The minimum absolute atomic E-state index is 0.215. The van der Waals surface area contributed by atoms with E-state index in [4.69, 9.17) is 9.84 Å². The van der Waals surface area contributed by atoms with Crippen molar-refractivity contribution in [1.29, 1.82) is 0 Å². The van der Waals surface area contributed by atoms with Gasteiger partial charge in [0.2, 0.25) is 6.33 Å². The van der Waals surface area contributed by atoms with Gasteiger partial charge < -0.3 is 4.74 Å². The number of nitrogens with zero attached hydrogens (tertiary/aromatic N) is 3.